The van der Waals surface area contributed by atoms with E-state index in [2.05, 4.69) is 5.32 Å². The smallest absolute Gasteiger partial charge is 0.236 e. The Kier molecular flexibility index (Phi) is 7.50. The molecule has 0 heterocycles. The van der Waals surface area contributed by atoms with Gasteiger partial charge in [0.1, 0.15) is 0 Å². The minimum atomic E-state index is -0.373. The van der Waals surface area contributed by atoms with Gasteiger partial charge in [0.15, 0.2) is 0 Å². The maximum absolute atomic E-state index is 11.3. The predicted molar refractivity (Wildman–Crippen MR) is 86.7 cm³/mol. The van der Waals surface area contributed by atoms with Gasteiger partial charge in [-0.2, -0.15) is 0 Å². The summed E-state index contributed by atoms with van der Waals surface area (Å²) in [5, 5.41) is 3.91. The van der Waals surface area contributed by atoms with Crippen molar-refractivity contribution in [1.82, 2.24) is 5.32 Å². The van der Waals surface area contributed by atoms with Gasteiger partial charge in [-0.15, -0.1) is 0 Å². The molecule has 0 aromatic heterocycles. The van der Waals surface area contributed by atoms with Gasteiger partial charge >= 0.3 is 0 Å². The molecule has 0 unspecified atom stereocenters. The van der Waals surface area contributed by atoms with Crippen molar-refractivity contribution in [3.63, 3.8) is 0 Å². The van der Waals surface area contributed by atoms with E-state index in [1.165, 1.54) is 0 Å². The molecule has 0 atom stereocenters. The van der Waals surface area contributed by atoms with Crippen LogP contribution in [0.2, 0.25) is 5.02 Å². The third-order valence-corrected chi connectivity index (χ3v) is 3.41. The van der Waals surface area contributed by atoms with Crippen molar-refractivity contribution in [3.8, 4) is 0 Å². The molecule has 0 spiro atoms. The molecule has 5 nitrogen and oxygen atoms in total. The molecule has 118 valence electrons. The number of benzene rings is 1. The SMILES string of the molecule is COCCNCc1cccc(Cl)c1N(CC(N)=O)C(C)C. The van der Waals surface area contributed by atoms with Crippen molar-refractivity contribution in [1.29, 1.82) is 0 Å². The van der Waals surface area contributed by atoms with E-state index in [-0.39, 0.29) is 18.5 Å². The van der Waals surface area contributed by atoms with Crippen molar-refractivity contribution < 1.29 is 9.53 Å². The largest absolute Gasteiger partial charge is 0.383 e. The molecule has 0 radical (unpaired) electrons. The molecule has 1 aromatic carbocycles. The molecule has 0 aliphatic carbocycles. The van der Waals surface area contributed by atoms with Crippen molar-refractivity contribution in [3.05, 3.63) is 28.8 Å². The summed E-state index contributed by atoms with van der Waals surface area (Å²) in [4.78, 5) is 13.2. The van der Waals surface area contributed by atoms with E-state index in [1.54, 1.807) is 7.11 Å². The number of carbonyl (C=O) groups is 1. The summed E-state index contributed by atoms with van der Waals surface area (Å²) in [5.41, 5.74) is 7.25. The Bertz CT molecular complexity index is 466. The number of hydrogen-bond donors (Lipinski definition) is 2. The van der Waals surface area contributed by atoms with Crippen LogP contribution in [0.1, 0.15) is 19.4 Å². The highest BCUT2D eigenvalue weighted by Gasteiger charge is 2.19. The van der Waals surface area contributed by atoms with E-state index in [1.807, 2.05) is 36.9 Å². The third kappa shape index (κ3) is 5.53. The number of amides is 1. The van der Waals surface area contributed by atoms with Gasteiger partial charge in [0.2, 0.25) is 5.91 Å². The Morgan fingerprint density at radius 3 is 2.76 bits per heavy atom. The maximum Gasteiger partial charge on any atom is 0.236 e. The van der Waals surface area contributed by atoms with Crippen LogP contribution < -0.4 is 16.0 Å². The highest BCUT2D eigenvalue weighted by molar-refractivity contribution is 6.33. The lowest BCUT2D eigenvalue weighted by molar-refractivity contribution is -0.116. The molecule has 0 saturated heterocycles. The van der Waals surface area contributed by atoms with Crippen LogP contribution in [0.25, 0.3) is 0 Å². The first-order valence-corrected chi connectivity index (χ1v) is 7.37. The molecular formula is C15H24ClN3O2. The van der Waals surface area contributed by atoms with Crippen LogP contribution in [-0.2, 0) is 16.1 Å². The number of carbonyl (C=O) groups excluding carboxylic acids is 1. The first-order valence-electron chi connectivity index (χ1n) is 6.99. The molecule has 1 rings (SSSR count). The van der Waals surface area contributed by atoms with Crippen LogP contribution in [-0.4, -0.2) is 38.8 Å². The van der Waals surface area contributed by atoms with Crippen molar-refractivity contribution in [2.45, 2.75) is 26.4 Å². The molecule has 0 bridgehead atoms. The van der Waals surface area contributed by atoms with E-state index in [4.69, 9.17) is 22.1 Å². The van der Waals surface area contributed by atoms with E-state index < -0.39 is 0 Å². The Morgan fingerprint density at radius 1 is 1.48 bits per heavy atom. The van der Waals surface area contributed by atoms with Gasteiger partial charge in [0.25, 0.3) is 0 Å². The molecule has 0 saturated carbocycles. The van der Waals surface area contributed by atoms with Crippen LogP contribution in [0.5, 0.6) is 0 Å². The van der Waals surface area contributed by atoms with Crippen LogP contribution in [0, 0.1) is 0 Å². The van der Waals surface area contributed by atoms with Gasteiger partial charge < -0.3 is 20.7 Å². The molecule has 0 aliphatic rings. The predicted octanol–water partition coefficient (Wildman–Crippen LogP) is 1.78. The molecule has 3 N–H and O–H groups in total. The van der Waals surface area contributed by atoms with Crippen LogP contribution in [0.3, 0.4) is 0 Å². The van der Waals surface area contributed by atoms with Gasteiger partial charge in [-0.3, -0.25) is 4.79 Å². The summed E-state index contributed by atoms with van der Waals surface area (Å²) in [6.07, 6.45) is 0. The standard InChI is InChI=1S/C15H24ClN3O2/c1-11(2)19(10-14(17)20)15-12(5-4-6-13(15)16)9-18-7-8-21-3/h4-6,11,18H,7-10H2,1-3H3,(H2,17,20). The normalized spacial score (nSPS) is 10.9. The first-order chi connectivity index (χ1) is 9.97. The molecule has 0 fully saturated rings. The summed E-state index contributed by atoms with van der Waals surface area (Å²) in [6.45, 7) is 6.21. The lowest BCUT2D eigenvalue weighted by Gasteiger charge is -2.30. The minimum Gasteiger partial charge on any atom is -0.383 e. The number of rotatable bonds is 9. The summed E-state index contributed by atoms with van der Waals surface area (Å²) >= 11 is 6.35. The van der Waals surface area contributed by atoms with E-state index >= 15 is 0 Å². The Hall–Kier alpha value is -1.30. The second-order valence-corrected chi connectivity index (χ2v) is 5.51. The fourth-order valence-electron chi connectivity index (χ4n) is 2.11. The minimum absolute atomic E-state index is 0.120. The summed E-state index contributed by atoms with van der Waals surface area (Å²) in [6, 6.07) is 5.85. The lowest BCUT2D eigenvalue weighted by atomic mass is 10.1. The fourth-order valence-corrected chi connectivity index (χ4v) is 2.41. The average molecular weight is 314 g/mol. The number of ether oxygens (including phenoxy) is 1. The second-order valence-electron chi connectivity index (χ2n) is 5.11. The van der Waals surface area contributed by atoms with Crippen LogP contribution in [0.4, 0.5) is 5.69 Å². The topological polar surface area (TPSA) is 67.6 Å². The third-order valence-electron chi connectivity index (χ3n) is 3.11. The number of nitrogens with zero attached hydrogens (tertiary/aromatic N) is 1. The number of nitrogens with two attached hydrogens (primary N) is 1. The number of nitrogens with one attached hydrogen (secondary N) is 1. The summed E-state index contributed by atoms with van der Waals surface area (Å²) < 4.78 is 5.01. The van der Waals surface area contributed by atoms with E-state index in [0.717, 1.165) is 17.8 Å². The molecule has 6 heteroatoms. The lowest BCUT2D eigenvalue weighted by Crippen LogP contribution is -2.39. The zero-order valence-corrected chi connectivity index (χ0v) is 13.6. The number of methoxy groups -OCH3 is 1. The summed E-state index contributed by atoms with van der Waals surface area (Å²) in [7, 11) is 1.67. The molecular weight excluding hydrogens is 290 g/mol. The Balaban J connectivity index is 2.98. The first kappa shape index (κ1) is 17.8. The second kappa shape index (κ2) is 8.87. The monoisotopic (exact) mass is 313 g/mol. The Morgan fingerprint density at radius 2 is 2.19 bits per heavy atom. The fraction of sp³-hybridized carbons (Fsp3) is 0.533. The van der Waals surface area contributed by atoms with Gasteiger partial charge in [0.05, 0.1) is 23.9 Å². The number of anilines is 1. The van der Waals surface area contributed by atoms with Crippen molar-refractivity contribution >= 4 is 23.2 Å². The number of halogens is 1. The molecule has 21 heavy (non-hydrogen) atoms. The van der Waals surface area contributed by atoms with Gasteiger partial charge in [-0.05, 0) is 25.5 Å². The number of hydrogen-bond acceptors (Lipinski definition) is 4. The highest BCUT2D eigenvalue weighted by Crippen LogP contribution is 2.31. The van der Waals surface area contributed by atoms with Gasteiger partial charge in [-0.1, -0.05) is 23.7 Å². The average Bonchev–Trinajstić information content (AvgIpc) is 2.41. The van der Waals surface area contributed by atoms with Crippen LogP contribution in [0.15, 0.2) is 18.2 Å². The van der Waals surface area contributed by atoms with Crippen molar-refractivity contribution in [2.24, 2.45) is 5.73 Å². The Labute approximate surface area is 131 Å². The van der Waals surface area contributed by atoms with Crippen LogP contribution >= 0.6 is 11.6 Å². The van der Waals surface area contributed by atoms with E-state index in [9.17, 15) is 4.79 Å². The van der Waals surface area contributed by atoms with E-state index in [0.29, 0.717) is 18.2 Å². The van der Waals surface area contributed by atoms with Gasteiger partial charge in [0, 0.05) is 26.2 Å². The zero-order chi connectivity index (χ0) is 15.8. The van der Waals surface area contributed by atoms with Gasteiger partial charge in [-0.25, -0.2) is 0 Å². The maximum atomic E-state index is 11.3. The van der Waals surface area contributed by atoms with Crippen molar-refractivity contribution in [2.75, 3.05) is 31.7 Å². The molecule has 0 aliphatic heterocycles. The number of para-hydroxylation sites is 1. The molecule has 1 aromatic rings. The quantitative estimate of drug-likeness (QED) is 0.682. The highest BCUT2D eigenvalue weighted by atomic mass is 35.5. The molecule has 1 amide bonds. The zero-order valence-electron chi connectivity index (χ0n) is 12.9. The summed E-state index contributed by atoms with van der Waals surface area (Å²) in [5.74, 6) is -0.373. The number of primary amides is 1.